The van der Waals surface area contributed by atoms with E-state index in [4.69, 9.17) is 5.14 Å². The van der Waals surface area contributed by atoms with Crippen LogP contribution in [0.25, 0.3) is 11.3 Å². The first kappa shape index (κ1) is 17.3. The van der Waals surface area contributed by atoms with Crippen molar-refractivity contribution in [3.05, 3.63) is 60.3 Å². The number of nitrogens with zero attached hydrogens (tertiary/aromatic N) is 3. The van der Waals surface area contributed by atoms with Gasteiger partial charge in [0.25, 0.3) is 0 Å². The van der Waals surface area contributed by atoms with Gasteiger partial charge in [0.2, 0.25) is 16.0 Å². The van der Waals surface area contributed by atoms with Crippen LogP contribution < -0.4 is 10.5 Å². The first-order valence-corrected chi connectivity index (χ1v) is 8.88. The molecule has 0 spiro atoms. The molecule has 26 heavy (non-hydrogen) atoms. The van der Waals surface area contributed by atoms with Crippen LogP contribution in [0.4, 0.5) is 11.6 Å². The number of nitrogens with two attached hydrogens (primary N) is 1. The number of rotatable bonds is 4. The fourth-order valence-corrected chi connectivity index (χ4v) is 2.74. The minimum Gasteiger partial charge on any atom is -0.508 e. The highest BCUT2D eigenvalue weighted by molar-refractivity contribution is 7.89. The molecular weight excluding hydrogens is 354 g/mol. The van der Waals surface area contributed by atoms with Gasteiger partial charge in [0.05, 0.1) is 22.3 Å². The number of hydrogen-bond acceptors (Lipinski definition) is 7. The molecule has 1 heterocycles. The van der Waals surface area contributed by atoms with Crippen LogP contribution in [0.3, 0.4) is 0 Å². The third-order valence-electron chi connectivity index (χ3n) is 3.49. The van der Waals surface area contributed by atoms with Crippen molar-refractivity contribution in [1.82, 2.24) is 9.97 Å². The van der Waals surface area contributed by atoms with Gasteiger partial charge < -0.3 is 10.4 Å². The number of anilines is 2. The normalized spacial score (nSPS) is 10.9. The minimum absolute atomic E-state index is 0.00595. The maximum Gasteiger partial charge on any atom is 0.238 e. The van der Waals surface area contributed by atoms with Crippen molar-refractivity contribution >= 4 is 21.7 Å². The van der Waals surface area contributed by atoms with E-state index < -0.39 is 10.0 Å². The van der Waals surface area contributed by atoms with E-state index in [1.54, 1.807) is 12.1 Å². The van der Waals surface area contributed by atoms with Crippen LogP contribution in [0.15, 0.2) is 59.6 Å². The van der Waals surface area contributed by atoms with Crippen molar-refractivity contribution in [3.63, 3.8) is 0 Å². The van der Waals surface area contributed by atoms with E-state index in [-0.39, 0.29) is 22.2 Å². The fourth-order valence-electron chi connectivity index (χ4n) is 2.22. The summed E-state index contributed by atoms with van der Waals surface area (Å²) in [7, 11) is -3.76. The lowest BCUT2D eigenvalue weighted by molar-refractivity contribution is 0.475. The van der Waals surface area contributed by atoms with Gasteiger partial charge in [-0.1, -0.05) is 0 Å². The van der Waals surface area contributed by atoms with Gasteiger partial charge >= 0.3 is 0 Å². The Hall–Kier alpha value is -3.48. The molecule has 0 bridgehead atoms. The minimum atomic E-state index is -3.76. The summed E-state index contributed by atoms with van der Waals surface area (Å²) in [6.45, 7) is 0. The van der Waals surface area contributed by atoms with Crippen LogP contribution in [0.1, 0.15) is 5.56 Å². The van der Waals surface area contributed by atoms with Crippen molar-refractivity contribution in [3.8, 4) is 23.1 Å². The summed E-state index contributed by atoms with van der Waals surface area (Å²) in [4.78, 5) is 8.42. The predicted molar refractivity (Wildman–Crippen MR) is 94.9 cm³/mol. The van der Waals surface area contributed by atoms with Gasteiger partial charge in [0.1, 0.15) is 11.8 Å². The molecular formula is C17H13N5O3S. The third kappa shape index (κ3) is 3.77. The van der Waals surface area contributed by atoms with Crippen molar-refractivity contribution < 1.29 is 13.5 Å². The quantitative estimate of drug-likeness (QED) is 0.641. The number of nitriles is 1. The summed E-state index contributed by atoms with van der Waals surface area (Å²) in [5, 5.41) is 26.7. The van der Waals surface area contributed by atoms with Crippen LogP contribution in [-0.4, -0.2) is 23.5 Å². The second kappa shape index (κ2) is 6.79. The van der Waals surface area contributed by atoms with E-state index in [1.165, 1.54) is 42.6 Å². The monoisotopic (exact) mass is 367 g/mol. The molecule has 0 atom stereocenters. The van der Waals surface area contributed by atoms with E-state index in [9.17, 15) is 18.8 Å². The molecule has 130 valence electrons. The largest absolute Gasteiger partial charge is 0.508 e. The summed E-state index contributed by atoms with van der Waals surface area (Å²) in [6.07, 6.45) is 1.39. The van der Waals surface area contributed by atoms with E-state index in [0.717, 1.165) is 0 Å². The molecule has 4 N–H and O–H groups in total. The van der Waals surface area contributed by atoms with Crippen molar-refractivity contribution in [2.75, 3.05) is 5.32 Å². The number of primary sulfonamides is 1. The van der Waals surface area contributed by atoms with Crippen molar-refractivity contribution in [1.29, 1.82) is 5.26 Å². The smallest absolute Gasteiger partial charge is 0.238 e. The van der Waals surface area contributed by atoms with Crippen molar-refractivity contribution in [2.24, 2.45) is 5.14 Å². The lowest BCUT2D eigenvalue weighted by Crippen LogP contribution is -2.11. The van der Waals surface area contributed by atoms with Crippen LogP contribution in [0.2, 0.25) is 0 Å². The van der Waals surface area contributed by atoms with Gasteiger partial charge in [-0.2, -0.15) is 5.26 Å². The molecule has 3 aromatic rings. The lowest BCUT2D eigenvalue weighted by atomic mass is 10.1. The standard InChI is InChI=1S/C17H13N5O3S/c18-9-12-10-20-17(22-16(12)11-1-5-14(23)6-2-11)21-13-3-7-15(8-4-13)26(19,24)25/h1-8,10,23H,(H2,19,24,25)(H,20,21,22). The number of phenolic OH excluding ortho intramolecular Hbond substituents is 1. The van der Waals surface area contributed by atoms with Gasteiger partial charge in [0, 0.05) is 11.3 Å². The second-order valence-electron chi connectivity index (χ2n) is 5.31. The van der Waals surface area contributed by atoms with Crippen LogP contribution >= 0.6 is 0 Å². The molecule has 1 aromatic heterocycles. The number of phenols is 1. The highest BCUT2D eigenvalue weighted by atomic mass is 32.2. The van der Waals surface area contributed by atoms with Gasteiger partial charge in [-0.25, -0.2) is 23.5 Å². The van der Waals surface area contributed by atoms with Crippen LogP contribution in [0, 0.1) is 11.3 Å². The molecule has 3 rings (SSSR count). The SMILES string of the molecule is N#Cc1cnc(Nc2ccc(S(N)(=O)=O)cc2)nc1-c1ccc(O)cc1. The Balaban J connectivity index is 1.93. The number of aromatic hydroxyl groups is 1. The average molecular weight is 367 g/mol. The van der Waals surface area contributed by atoms with Gasteiger partial charge in [-0.3, -0.25) is 0 Å². The summed E-state index contributed by atoms with van der Waals surface area (Å²) in [5.41, 5.74) is 1.89. The molecule has 0 aliphatic heterocycles. The molecule has 0 amide bonds. The molecule has 0 radical (unpaired) electrons. The average Bonchev–Trinajstić information content (AvgIpc) is 2.62. The molecule has 0 aliphatic rings. The van der Waals surface area contributed by atoms with Crippen molar-refractivity contribution in [2.45, 2.75) is 4.90 Å². The molecule has 0 saturated heterocycles. The van der Waals surface area contributed by atoms with Gasteiger partial charge in [0.15, 0.2) is 0 Å². The van der Waals surface area contributed by atoms with E-state index in [0.29, 0.717) is 16.9 Å². The molecule has 8 nitrogen and oxygen atoms in total. The van der Waals surface area contributed by atoms with Gasteiger partial charge in [-0.05, 0) is 48.5 Å². The number of nitrogens with one attached hydrogen (secondary N) is 1. The lowest BCUT2D eigenvalue weighted by Gasteiger charge is -2.09. The summed E-state index contributed by atoms with van der Waals surface area (Å²) < 4.78 is 22.6. The highest BCUT2D eigenvalue weighted by Crippen LogP contribution is 2.25. The molecule has 0 aliphatic carbocycles. The summed E-state index contributed by atoms with van der Waals surface area (Å²) in [6, 6.07) is 14.1. The molecule has 0 saturated carbocycles. The Morgan fingerprint density at radius 1 is 1.08 bits per heavy atom. The molecule has 9 heteroatoms. The molecule has 0 fully saturated rings. The maximum atomic E-state index is 11.3. The molecule has 2 aromatic carbocycles. The number of aromatic nitrogens is 2. The van der Waals surface area contributed by atoms with Crippen LogP contribution in [0.5, 0.6) is 5.75 Å². The Kier molecular flexibility index (Phi) is 4.53. The van der Waals surface area contributed by atoms with Crippen LogP contribution in [-0.2, 0) is 10.0 Å². The predicted octanol–water partition coefficient (Wildman–Crippen LogP) is 2.11. The summed E-state index contributed by atoms with van der Waals surface area (Å²) in [5.74, 6) is 0.338. The Bertz CT molecular complexity index is 1090. The first-order valence-electron chi connectivity index (χ1n) is 7.33. The Labute approximate surface area is 149 Å². The van der Waals surface area contributed by atoms with E-state index >= 15 is 0 Å². The molecule has 0 unspecified atom stereocenters. The Morgan fingerprint density at radius 2 is 1.73 bits per heavy atom. The zero-order valence-corrected chi connectivity index (χ0v) is 14.1. The zero-order chi connectivity index (χ0) is 18.7. The maximum absolute atomic E-state index is 11.3. The zero-order valence-electron chi connectivity index (χ0n) is 13.3. The van der Waals surface area contributed by atoms with E-state index in [2.05, 4.69) is 15.3 Å². The fraction of sp³-hybridized carbons (Fsp3) is 0. The van der Waals surface area contributed by atoms with Gasteiger partial charge in [-0.15, -0.1) is 0 Å². The summed E-state index contributed by atoms with van der Waals surface area (Å²) >= 11 is 0. The Morgan fingerprint density at radius 3 is 2.31 bits per heavy atom. The number of benzene rings is 2. The second-order valence-corrected chi connectivity index (χ2v) is 6.87. The number of hydrogen-bond donors (Lipinski definition) is 3. The first-order chi connectivity index (χ1) is 12.4. The topological polar surface area (TPSA) is 142 Å². The third-order valence-corrected chi connectivity index (χ3v) is 4.42. The number of sulfonamides is 1. The van der Waals surface area contributed by atoms with E-state index in [1.807, 2.05) is 6.07 Å². The highest BCUT2D eigenvalue weighted by Gasteiger charge is 2.11.